The fourth-order valence-electron chi connectivity index (χ4n) is 1.41. The van der Waals surface area contributed by atoms with Crippen LogP contribution in [0.5, 0.6) is 0 Å². The van der Waals surface area contributed by atoms with Gasteiger partial charge in [-0.3, -0.25) is 4.79 Å². The number of carbonyl (C=O) groups excluding carboxylic acids is 1. The average molecular weight is 167 g/mol. The van der Waals surface area contributed by atoms with Crippen LogP contribution in [0.3, 0.4) is 0 Å². The van der Waals surface area contributed by atoms with Crippen molar-refractivity contribution in [3.05, 3.63) is 23.4 Å². The van der Waals surface area contributed by atoms with E-state index in [1.165, 1.54) is 5.57 Å². The number of amides is 1. The molecule has 1 amide bonds. The SMILES string of the molecule is CC.O=C1CC2=C(C=CCC2)N1.[HH]. The highest BCUT2D eigenvalue weighted by molar-refractivity contribution is 5.85. The molecule has 0 saturated heterocycles. The van der Waals surface area contributed by atoms with Crippen LogP contribution in [-0.4, -0.2) is 5.91 Å². The zero-order valence-corrected chi connectivity index (χ0v) is 7.68. The molecule has 1 heterocycles. The highest BCUT2D eigenvalue weighted by Crippen LogP contribution is 2.24. The van der Waals surface area contributed by atoms with Gasteiger partial charge in [-0.05, 0) is 24.5 Å². The quantitative estimate of drug-likeness (QED) is 0.589. The van der Waals surface area contributed by atoms with Crippen molar-refractivity contribution in [2.24, 2.45) is 0 Å². The van der Waals surface area contributed by atoms with Crippen LogP contribution in [0.2, 0.25) is 0 Å². The third kappa shape index (κ3) is 1.76. The molecule has 0 aromatic carbocycles. The van der Waals surface area contributed by atoms with E-state index in [1.54, 1.807) is 0 Å². The van der Waals surface area contributed by atoms with E-state index in [4.69, 9.17) is 0 Å². The third-order valence-electron chi connectivity index (χ3n) is 1.93. The Morgan fingerprint density at radius 1 is 1.50 bits per heavy atom. The molecule has 0 bridgehead atoms. The minimum absolute atomic E-state index is 0. The second-order valence-electron chi connectivity index (χ2n) is 2.68. The molecule has 2 aliphatic rings. The van der Waals surface area contributed by atoms with Crippen molar-refractivity contribution in [3.63, 3.8) is 0 Å². The Hall–Kier alpha value is -1.05. The van der Waals surface area contributed by atoms with Crippen molar-refractivity contribution in [3.8, 4) is 0 Å². The average Bonchev–Trinajstić information content (AvgIpc) is 2.48. The first-order valence-electron chi connectivity index (χ1n) is 4.55. The van der Waals surface area contributed by atoms with Crippen molar-refractivity contribution in [1.82, 2.24) is 5.32 Å². The van der Waals surface area contributed by atoms with Crippen molar-refractivity contribution in [2.45, 2.75) is 33.1 Å². The van der Waals surface area contributed by atoms with Crippen LogP contribution in [0.25, 0.3) is 0 Å². The maximum Gasteiger partial charge on any atom is 0.228 e. The summed E-state index contributed by atoms with van der Waals surface area (Å²) in [6.07, 6.45) is 6.88. The van der Waals surface area contributed by atoms with Crippen LogP contribution < -0.4 is 5.32 Å². The summed E-state index contributed by atoms with van der Waals surface area (Å²) < 4.78 is 0. The number of allylic oxidation sites excluding steroid dienone is 2. The van der Waals surface area contributed by atoms with Gasteiger partial charge in [0.1, 0.15) is 0 Å². The smallest absolute Gasteiger partial charge is 0.228 e. The van der Waals surface area contributed by atoms with Gasteiger partial charge in [0.25, 0.3) is 0 Å². The molecule has 12 heavy (non-hydrogen) atoms. The van der Waals surface area contributed by atoms with E-state index in [0.717, 1.165) is 18.5 Å². The van der Waals surface area contributed by atoms with Crippen LogP contribution in [0.1, 0.15) is 34.5 Å². The van der Waals surface area contributed by atoms with E-state index in [2.05, 4.69) is 11.4 Å². The van der Waals surface area contributed by atoms with E-state index >= 15 is 0 Å². The second-order valence-corrected chi connectivity index (χ2v) is 2.68. The lowest BCUT2D eigenvalue weighted by Crippen LogP contribution is -2.13. The van der Waals surface area contributed by atoms with Crippen LogP contribution in [0.4, 0.5) is 0 Å². The first-order chi connectivity index (χ1) is 5.86. The van der Waals surface area contributed by atoms with E-state index in [-0.39, 0.29) is 7.33 Å². The van der Waals surface area contributed by atoms with E-state index in [9.17, 15) is 4.79 Å². The Labute approximate surface area is 74.8 Å². The Morgan fingerprint density at radius 3 is 2.92 bits per heavy atom. The lowest BCUT2D eigenvalue weighted by Gasteiger charge is -2.04. The van der Waals surface area contributed by atoms with Crippen LogP contribution in [0.15, 0.2) is 23.4 Å². The zero-order valence-electron chi connectivity index (χ0n) is 7.68. The lowest BCUT2D eigenvalue weighted by molar-refractivity contribution is -0.118. The largest absolute Gasteiger partial charge is 0.326 e. The van der Waals surface area contributed by atoms with Gasteiger partial charge in [-0.1, -0.05) is 19.9 Å². The molecular weight excluding hydrogens is 150 g/mol. The summed E-state index contributed by atoms with van der Waals surface area (Å²) >= 11 is 0. The molecule has 1 aliphatic carbocycles. The molecule has 0 saturated carbocycles. The maximum absolute atomic E-state index is 10.8. The molecule has 0 spiro atoms. The first-order valence-corrected chi connectivity index (χ1v) is 4.55. The summed E-state index contributed by atoms with van der Waals surface area (Å²) in [6, 6.07) is 0. The van der Waals surface area contributed by atoms with Gasteiger partial charge in [-0.15, -0.1) is 0 Å². The molecule has 2 nitrogen and oxygen atoms in total. The van der Waals surface area contributed by atoms with Crippen LogP contribution in [-0.2, 0) is 4.79 Å². The van der Waals surface area contributed by atoms with Gasteiger partial charge in [0.15, 0.2) is 0 Å². The van der Waals surface area contributed by atoms with Crippen molar-refractivity contribution in [2.75, 3.05) is 0 Å². The molecule has 0 fully saturated rings. The predicted octanol–water partition coefficient (Wildman–Crippen LogP) is 2.38. The number of hydrogen-bond donors (Lipinski definition) is 1. The maximum atomic E-state index is 10.8. The minimum Gasteiger partial charge on any atom is -0.326 e. The van der Waals surface area contributed by atoms with Crippen LogP contribution in [0, 0.1) is 0 Å². The molecule has 0 atom stereocenters. The zero-order chi connectivity index (χ0) is 8.97. The Kier molecular flexibility index (Phi) is 3.09. The predicted molar refractivity (Wildman–Crippen MR) is 51.6 cm³/mol. The molecule has 0 radical (unpaired) electrons. The van der Waals surface area contributed by atoms with E-state index in [0.29, 0.717) is 6.42 Å². The van der Waals surface area contributed by atoms with E-state index < -0.39 is 0 Å². The van der Waals surface area contributed by atoms with Gasteiger partial charge in [-0.2, -0.15) is 0 Å². The second kappa shape index (κ2) is 4.10. The molecule has 68 valence electrons. The molecule has 0 unspecified atom stereocenters. The molecule has 2 heteroatoms. The number of nitrogens with one attached hydrogen (secondary N) is 1. The molecule has 1 aliphatic heterocycles. The van der Waals surface area contributed by atoms with E-state index in [1.807, 2.05) is 19.9 Å². The third-order valence-corrected chi connectivity index (χ3v) is 1.93. The fraction of sp³-hybridized carbons (Fsp3) is 0.500. The highest BCUT2D eigenvalue weighted by Gasteiger charge is 2.19. The molecule has 2 rings (SSSR count). The highest BCUT2D eigenvalue weighted by atomic mass is 16.1. The topological polar surface area (TPSA) is 29.1 Å². The summed E-state index contributed by atoms with van der Waals surface area (Å²) in [5.74, 6) is 0.150. The standard InChI is InChI=1S/C8H9NO.C2H6.H2/c10-8-5-6-3-1-2-4-7(6)9-8;1-2;/h2,4H,1,3,5H2,(H,9,10);1-2H3;1H. The molecule has 0 aromatic heterocycles. The van der Waals surface area contributed by atoms with Gasteiger partial charge in [0.2, 0.25) is 5.91 Å². The van der Waals surface area contributed by atoms with Gasteiger partial charge in [-0.25, -0.2) is 0 Å². The van der Waals surface area contributed by atoms with Gasteiger partial charge in [0.05, 0.1) is 6.42 Å². The van der Waals surface area contributed by atoms with Crippen molar-refractivity contribution in [1.29, 1.82) is 0 Å². The molecular formula is C10H17NO. The number of rotatable bonds is 0. The summed E-state index contributed by atoms with van der Waals surface area (Å²) in [4.78, 5) is 10.8. The minimum atomic E-state index is 0. The molecule has 0 aromatic rings. The summed E-state index contributed by atoms with van der Waals surface area (Å²) in [5, 5.41) is 2.81. The number of carbonyl (C=O) groups is 1. The van der Waals surface area contributed by atoms with Gasteiger partial charge >= 0.3 is 0 Å². The summed E-state index contributed by atoms with van der Waals surface area (Å²) in [7, 11) is 0. The Morgan fingerprint density at radius 2 is 2.25 bits per heavy atom. The number of hydrogen-bond acceptors (Lipinski definition) is 1. The summed E-state index contributed by atoms with van der Waals surface area (Å²) in [5.41, 5.74) is 2.34. The van der Waals surface area contributed by atoms with Crippen LogP contribution >= 0.6 is 0 Å². The fourth-order valence-corrected chi connectivity index (χ4v) is 1.41. The van der Waals surface area contributed by atoms with Crippen molar-refractivity contribution < 1.29 is 6.22 Å². The monoisotopic (exact) mass is 167 g/mol. The lowest BCUT2D eigenvalue weighted by atomic mass is 10.0. The summed E-state index contributed by atoms with van der Waals surface area (Å²) in [6.45, 7) is 4.00. The normalized spacial score (nSPS) is 19.7. The first kappa shape index (κ1) is 9.04. The molecule has 1 N–H and O–H groups in total. The van der Waals surface area contributed by atoms with Gasteiger partial charge in [0, 0.05) is 7.12 Å². The van der Waals surface area contributed by atoms with Crippen molar-refractivity contribution >= 4 is 5.91 Å². The van der Waals surface area contributed by atoms with Gasteiger partial charge < -0.3 is 5.32 Å². The Balaban J connectivity index is 0.000000451. The Bertz CT molecular complexity index is 243.